The Hall–Kier alpha value is -1.61. The SMILES string of the molecule is Cc1ccc(-c2cc3cc(F)ccc3[nH]2)s1. The number of H-pyrrole nitrogens is 1. The van der Waals surface area contributed by atoms with Crippen LogP contribution >= 0.6 is 11.3 Å². The number of aromatic amines is 1. The third-order valence-corrected chi connectivity index (χ3v) is 3.62. The summed E-state index contributed by atoms with van der Waals surface area (Å²) in [5, 5.41) is 0.918. The second-order valence-electron chi connectivity index (χ2n) is 3.82. The molecule has 2 heterocycles. The average molecular weight is 231 g/mol. The Morgan fingerprint density at radius 1 is 1.12 bits per heavy atom. The fraction of sp³-hybridized carbons (Fsp3) is 0.0769. The lowest BCUT2D eigenvalue weighted by Crippen LogP contribution is -1.71. The number of thiophene rings is 1. The summed E-state index contributed by atoms with van der Waals surface area (Å²) in [5.41, 5.74) is 2.03. The molecule has 0 bridgehead atoms. The number of aromatic nitrogens is 1. The molecule has 2 aromatic heterocycles. The first-order chi connectivity index (χ1) is 7.72. The summed E-state index contributed by atoms with van der Waals surface area (Å²) in [7, 11) is 0. The van der Waals surface area contributed by atoms with Crippen LogP contribution in [0.15, 0.2) is 36.4 Å². The second-order valence-corrected chi connectivity index (χ2v) is 5.11. The molecule has 1 N–H and O–H groups in total. The first kappa shape index (κ1) is 9.60. The molecule has 16 heavy (non-hydrogen) atoms. The van der Waals surface area contributed by atoms with Gasteiger partial charge in [-0.1, -0.05) is 0 Å². The molecule has 0 amide bonds. The number of hydrogen-bond acceptors (Lipinski definition) is 1. The molecule has 3 aromatic rings. The topological polar surface area (TPSA) is 15.8 Å². The summed E-state index contributed by atoms with van der Waals surface area (Å²) < 4.78 is 13.0. The molecule has 3 rings (SSSR count). The van der Waals surface area contributed by atoms with Gasteiger partial charge in [0.2, 0.25) is 0 Å². The van der Waals surface area contributed by atoms with Gasteiger partial charge in [-0.05, 0) is 43.3 Å². The number of halogens is 1. The number of hydrogen-bond donors (Lipinski definition) is 1. The zero-order valence-corrected chi connectivity index (χ0v) is 9.57. The minimum atomic E-state index is -0.194. The first-order valence-electron chi connectivity index (χ1n) is 5.07. The predicted octanol–water partition coefficient (Wildman–Crippen LogP) is 4.34. The summed E-state index contributed by atoms with van der Waals surface area (Å²) in [4.78, 5) is 5.76. The van der Waals surface area contributed by atoms with Crippen molar-refractivity contribution in [2.75, 3.05) is 0 Å². The zero-order valence-electron chi connectivity index (χ0n) is 8.75. The molecule has 0 unspecified atom stereocenters. The van der Waals surface area contributed by atoms with Crippen molar-refractivity contribution >= 4 is 22.2 Å². The van der Waals surface area contributed by atoms with E-state index >= 15 is 0 Å². The normalized spacial score (nSPS) is 11.1. The minimum absolute atomic E-state index is 0.194. The Bertz CT molecular complexity index is 651. The van der Waals surface area contributed by atoms with Gasteiger partial charge >= 0.3 is 0 Å². The molecule has 0 aliphatic rings. The third-order valence-electron chi connectivity index (χ3n) is 2.59. The number of nitrogens with one attached hydrogen (secondary N) is 1. The fourth-order valence-corrected chi connectivity index (χ4v) is 2.65. The van der Waals surface area contributed by atoms with Gasteiger partial charge in [0.25, 0.3) is 0 Å². The van der Waals surface area contributed by atoms with Gasteiger partial charge in [-0.2, -0.15) is 0 Å². The van der Waals surface area contributed by atoms with Gasteiger partial charge in [-0.25, -0.2) is 4.39 Å². The van der Waals surface area contributed by atoms with Crippen LogP contribution in [0.25, 0.3) is 21.5 Å². The fourth-order valence-electron chi connectivity index (χ4n) is 1.82. The van der Waals surface area contributed by atoms with Crippen molar-refractivity contribution in [3.8, 4) is 10.6 Å². The van der Waals surface area contributed by atoms with Crippen LogP contribution in [0.2, 0.25) is 0 Å². The Labute approximate surface area is 96.6 Å². The smallest absolute Gasteiger partial charge is 0.123 e. The van der Waals surface area contributed by atoms with Crippen molar-refractivity contribution in [2.24, 2.45) is 0 Å². The van der Waals surface area contributed by atoms with Gasteiger partial charge in [0.05, 0.1) is 10.6 Å². The van der Waals surface area contributed by atoms with Crippen LogP contribution in [-0.2, 0) is 0 Å². The Balaban J connectivity index is 2.18. The lowest BCUT2D eigenvalue weighted by atomic mass is 10.2. The number of benzene rings is 1. The molecule has 0 aliphatic carbocycles. The molecule has 0 aliphatic heterocycles. The van der Waals surface area contributed by atoms with E-state index in [0.29, 0.717) is 0 Å². The van der Waals surface area contributed by atoms with Crippen LogP contribution in [0.5, 0.6) is 0 Å². The maximum Gasteiger partial charge on any atom is 0.123 e. The molecule has 80 valence electrons. The highest BCUT2D eigenvalue weighted by Crippen LogP contribution is 2.29. The average Bonchev–Trinajstić information content (AvgIpc) is 2.83. The molecule has 1 nitrogen and oxygen atoms in total. The summed E-state index contributed by atoms with van der Waals surface area (Å²) >= 11 is 1.74. The van der Waals surface area contributed by atoms with E-state index < -0.39 is 0 Å². The van der Waals surface area contributed by atoms with Crippen LogP contribution in [0.3, 0.4) is 0 Å². The van der Waals surface area contributed by atoms with Crippen LogP contribution in [0, 0.1) is 12.7 Å². The quantitative estimate of drug-likeness (QED) is 0.641. The number of aryl methyl sites for hydroxylation is 1. The highest BCUT2D eigenvalue weighted by Gasteiger charge is 2.05. The van der Waals surface area contributed by atoms with Crippen LogP contribution < -0.4 is 0 Å². The van der Waals surface area contributed by atoms with E-state index in [1.807, 2.05) is 6.07 Å². The van der Waals surface area contributed by atoms with Crippen molar-refractivity contribution in [1.29, 1.82) is 0 Å². The van der Waals surface area contributed by atoms with Crippen LogP contribution in [0.4, 0.5) is 4.39 Å². The number of fused-ring (bicyclic) bond motifs is 1. The standard InChI is InChI=1S/C13H10FNS/c1-8-2-5-13(16-8)12-7-9-6-10(14)3-4-11(9)15-12/h2-7,15H,1H3. The van der Waals surface area contributed by atoms with Gasteiger partial charge < -0.3 is 4.98 Å². The molecular weight excluding hydrogens is 221 g/mol. The lowest BCUT2D eigenvalue weighted by molar-refractivity contribution is 0.630. The van der Waals surface area contributed by atoms with Gasteiger partial charge in [0.15, 0.2) is 0 Å². The van der Waals surface area contributed by atoms with Gasteiger partial charge in [-0.3, -0.25) is 0 Å². The Morgan fingerprint density at radius 2 is 2.00 bits per heavy atom. The van der Waals surface area contributed by atoms with Gasteiger partial charge in [0, 0.05) is 15.8 Å². The Morgan fingerprint density at radius 3 is 2.75 bits per heavy atom. The lowest BCUT2D eigenvalue weighted by Gasteiger charge is -1.89. The molecule has 1 aromatic carbocycles. The monoisotopic (exact) mass is 231 g/mol. The van der Waals surface area contributed by atoms with E-state index in [2.05, 4.69) is 24.0 Å². The third kappa shape index (κ3) is 1.53. The largest absolute Gasteiger partial charge is 0.354 e. The summed E-state index contributed by atoms with van der Waals surface area (Å²) in [5.74, 6) is -0.194. The summed E-state index contributed by atoms with van der Waals surface area (Å²) in [6.45, 7) is 2.08. The maximum atomic E-state index is 13.0. The van der Waals surface area contributed by atoms with E-state index in [0.717, 1.165) is 16.6 Å². The van der Waals surface area contributed by atoms with Crippen molar-refractivity contribution in [1.82, 2.24) is 4.98 Å². The summed E-state index contributed by atoms with van der Waals surface area (Å²) in [6.07, 6.45) is 0. The van der Waals surface area contributed by atoms with E-state index in [9.17, 15) is 4.39 Å². The second kappa shape index (κ2) is 3.46. The van der Waals surface area contributed by atoms with E-state index in [1.165, 1.54) is 15.8 Å². The van der Waals surface area contributed by atoms with Gasteiger partial charge in [0.1, 0.15) is 5.82 Å². The molecule has 0 spiro atoms. The zero-order chi connectivity index (χ0) is 11.1. The van der Waals surface area contributed by atoms with Crippen LogP contribution in [-0.4, -0.2) is 4.98 Å². The van der Waals surface area contributed by atoms with Crippen molar-refractivity contribution in [3.05, 3.63) is 47.1 Å². The van der Waals surface area contributed by atoms with Crippen molar-refractivity contribution < 1.29 is 4.39 Å². The van der Waals surface area contributed by atoms with E-state index in [4.69, 9.17) is 0 Å². The van der Waals surface area contributed by atoms with Crippen LogP contribution in [0.1, 0.15) is 4.88 Å². The Kier molecular flexibility index (Phi) is 2.07. The highest BCUT2D eigenvalue weighted by atomic mass is 32.1. The van der Waals surface area contributed by atoms with Gasteiger partial charge in [-0.15, -0.1) is 11.3 Å². The minimum Gasteiger partial charge on any atom is -0.354 e. The maximum absolute atomic E-state index is 13.0. The molecule has 0 fully saturated rings. The molecular formula is C13H10FNS. The molecule has 3 heteroatoms. The first-order valence-corrected chi connectivity index (χ1v) is 5.89. The van der Waals surface area contributed by atoms with Crippen molar-refractivity contribution in [2.45, 2.75) is 6.92 Å². The van der Waals surface area contributed by atoms with Crippen molar-refractivity contribution in [3.63, 3.8) is 0 Å². The van der Waals surface area contributed by atoms with E-state index in [-0.39, 0.29) is 5.82 Å². The van der Waals surface area contributed by atoms with E-state index in [1.54, 1.807) is 23.5 Å². The molecule has 0 radical (unpaired) electrons. The summed E-state index contributed by atoms with van der Waals surface area (Å²) in [6, 6.07) is 11.0. The molecule has 0 atom stereocenters. The number of rotatable bonds is 1. The molecule has 0 saturated carbocycles. The molecule has 0 saturated heterocycles. The predicted molar refractivity (Wildman–Crippen MR) is 66.3 cm³/mol. The highest BCUT2D eigenvalue weighted by molar-refractivity contribution is 7.15.